The van der Waals surface area contributed by atoms with Crippen LogP contribution in [0.5, 0.6) is 0 Å². The molecule has 0 saturated carbocycles. The van der Waals surface area contributed by atoms with E-state index in [0.29, 0.717) is 12.0 Å². The van der Waals surface area contributed by atoms with Crippen LogP contribution in [-0.4, -0.2) is 11.1 Å². The van der Waals surface area contributed by atoms with Crippen LogP contribution in [0, 0.1) is 0 Å². The van der Waals surface area contributed by atoms with E-state index in [1.54, 1.807) is 12.2 Å². The van der Waals surface area contributed by atoms with Crippen LogP contribution >= 0.6 is 0 Å². The Morgan fingerprint density at radius 3 is 2.55 bits per heavy atom. The van der Waals surface area contributed by atoms with Gasteiger partial charge in [0.2, 0.25) is 0 Å². The molecule has 0 bridgehead atoms. The molecule has 0 aromatic rings. The first-order chi connectivity index (χ1) is 5.22. The smallest absolute Gasteiger partial charge is 0.331 e. The van der Waals surface area contributed by atoms with Crippen LogP contribution in [0.25, 0.3) is 0 Å². The van der Waals surface area contributed by atoms with E-state index >= 15 is 0 Å². The van der Waals surface area contributed by atoms with Crippen LogP contribution in [-0.2, 0) is 4.79 Å². The number of hydrogen-bond donors (Lipinski definition) is 1. The Hall–Kier alpha value is -1.05. The zero-order valence-corrected chi connectivity index (χ0v) is 7.00. The highest BCUT2D eigenvalue weighted by atomic mass is 16.4. The van der Waals surface area contributed by atoms with Crippen molar-refractivity contribution in [3.05, 3.63) is 23.8 Å². The first kappa shape index (κ1) is 9.95. The fourth-order valence-corrected chi connectivity index (χ4v) is 0.743. The van der Waals surface area contributed by atoms with Gasteiger partial charge in [-0.15, -0.1) is 0 Å². The standard InChI is InChI=1S/C9H14O2/c1-3-5-7-8(6-4-2)9(10)11/h3,5,7H,4,6H2,1-2H3,(H,10,11)/b5-3+,8-7+. The van der Waals surface area contributed by atoms with Gasteiger partial charge < -0.3 is 5.11 Å². The largest absolute Gasteiger partial charge is 0.478 e. The Balaban J connectivity index is 4.20. The molecule has 0 aliphatic carbocycles. The van der Waals surface area contributed by atoms with Crippen molar-refractivity contribution >= 4 is 5.97 Å². The lowest BCUT2D eigenvalue weighted by molar-refractivity contribution is -0.132. The second kappa shape index (κ2) is 5.71. The maximum absolute atomic E-state index is 10.5. The Morgan fingerprint density at radius 1 is 1.55 bits per heavy atom. The minimum absolute atomic E-state index is 0.477. The maximum atomic E-state index is 10.5. The first-order valence-corrected chi connectivity index (χ1v) is 3.77. The number of aliphatic carboxylic acids is 1. The number of allylic oxidation sites excluding steroid dienone is 3. The van der Waals surface area contributed by atoms with Crippen LogP contribution in [0.2, 0.25) is 0 Å². The van der Waals surface area contributed by atoms with Crippen molar-refractivity contribution in [1.82, 2.24) is 0 Å². The Labute approximate surface area is 67.2 Å². The van der Waals surface area contributed by atoms with E-state index in [0.717, 1.165) is 6.42 Å². The number of hydrogen-bond acceptors (Lipinski definition) is 1. The van der Waals surface area contributed by atoms with E-state index in [9.17, 15) is 4.79 Å². The summed E-state index contributed by atoms with van der Waals surface area (Å²) in [6, 6.07) is 0. The van der Waals surface area contributed by atoms with Gasteiger partial charge in [0.05, 0.1) is 0 Å². The van der Waals surface area contributed by atoms with Crippen LogP contribution in [0.4, 0.5) is 0 Å². The lowest BCUT2D eigenvalue weighted by atomic mass is 10.1. The van der Waals surface area contributed by atoms with Gasteiger partial charge in [-0.25, -0.2) is 4.79 Å². The monoisotopic (exact) mass is 154 g/mol. The SMILES string of the molecule is C/C=C/C=C(\CCC)C(=O)O. The normalized spacial score (nSPS) is 12.4. The molecule has 0 aliphatic rings. The van der Waals surface area contributed by atoms with E-state index in [1.165, 1.54) is 0 Å². The molecule has 0 radical (unpaired) electrons. The predicted molar refractivity (Wildman–Crippen MR) is 45.4 cm³/mol. The van der Waals surface area contributed by atoms with E-state index in [2.05, 4.69) is 0 Å². The fourth-order valence-electron chi connectivity index (χ4n) is 0.743. The highest BCUT2D eigenvalue weighted by Crippen LogP contribution is 2.04. The molecule has 0 aliphatic heterocycles. The quantitative estimate of drug-likeness (QED) is 0.498. The molecule has 0 atom stereocenters. The van der Waals surface area contributed by atoms with Gasteiger partial charge in [-0.1, -0.05) is 31.6 Å². The predicted octanol–water partition coefficient (Wildman–Crippen LogP) is 2.37. The summed E-state index contributed by atoms with van der Waals surface area (Å²) in [4.78, 5) is 10.5. The number of carboxylic acids is 1. The molecule has 0 heterocycles. The lowest BCUT2D eigenvalue weighted by Crippen LogP contribution is -1.99. The number of rotatable bonds is 4. The third-order valence-corrected chi connectivity index (χ3v) is 1.28. The van der Waals surface area contributed by atoms with Crippen molar-refractivity contribution in [1.29, 1.82) is 0 Å². The van der Waals surface area contributed by atoms with Crippen molar-refractivity contribution in [2.24, 2.45) is 0 Å². The van der Waals surface area contributed by atoms with Crippen LogP contribution in [0.1, 0.15) is 26.7 Å². The molecule has 0 unspecified atom stereocenters. The van der Waals surface area contributed by atoms with Gasteiger partial charge in [0, 0.05) is 5.57 Å². The Morgan fingerprint density at radius 2 is 2.18 bits per heavy atom. The lowest BCUT2D eigenvalue weighted by Gasteiger charge is -1.95. The van der Waals surface area contributed by atoms with E-state index < -0.39 is 5.97 Å². The summed E-state index contributed by atoms with van der Waals surface area (Å²) in [6.45, 7) is 3.83. The first-order valence-electron chi connectivity index (χ1n) is 3.77. The Kier molecular flexibility index (Phi) is 5.17. The van der Waals surface area contributed by atoms with E-state index in [1.807, 2.05) is 19.9 Å². The van der Waals surface area contributed by atoms with Gasteiger partial charge in [0.25, 0.3) is 0 Å². The van der Waals surface area contributed by atoms with Crippen molar-refractivity contribution in [3.8, 4) is 0 Å². The summed E-state index contributed by atoms with van der Waals surface area (Å²) < 4.78 is 0. The van der Waals surface area contributed by atoms with Gasteiger partial charge in [0.1, 0.15) is 0 Å². The molecule has 0 amide bonds. The zero-order chi connectivity index (χ0) is 8.69. The summed E-state index contributed by atoms with van der Waals surface area (Å²) in [5.41, 5.74) is 0.477. The molecule has 2 heteroatoms. The minimum Gasteiger partial charge on any atom is -0.478 e. The van der Waals surface area contributed by atoms with E-state index in [-0.39, 0.29) is 0 Å². The molecule has 2 nitrogen and oxygen atoms in total. The van der Waals surface area contributed by atoms with Gasteiger partial charge in [-0.3, -0.25) is 0 Å². The second-order valence-electron chi connectivity index (χ2n) is 2.27. The highest BCUT2D eigenvalue weighted by molar-refractivity contribution is 5.86. The molecule has 0 saturated heterocycles. The van der Waals surface area contributed by atoms with Gasteiger partial charge in [-0.2, -0.15) is 0 Å². The minimum atomic E-state index is -0.815. The molecular formula is C9H14O2. The fraction of sp³-hybridized carbons (Fsp3) is 0.444. The molecule has 1 N–H and O–H groups in total. The Bertz CT molecular complexity index is 178. The summed E-state index contributed by atoms with van der Waals surface area (Å²) in [5, 5.41) is 8.63. The molecule has 0 aromatic heterocycles. The van der Waals surface area contributed by atoms with Crippen LogP contribution in [0.15, 0.2) is 23.8 Å². The average molecular weight is 154 g/mol. The molecule has 0 spiro atoms. The second-order valence-corrected chi connectivity index (χ2v) is 2.27. The highest BCUT2D eigenvalue weighted by Gasteiger charge is 2.02. The molecule has 0 rings (SSSR count). The topological polar surface area (TPSA) is 37.3 Å². The molecule has 11 heavy (non-hydrogen) atoms. The van der Waals surface area contributed by atoms with Gasteiger partial charge in [-0.05, 0) is 13.3 Å². The molecule has 0 fully saturated rings. The average Bonchev–Trinajstić information content (AvgIpc) is 1.97. The molecular weight excluding hydrogens is 140 g/mol. The number of carbonyl (C=O) groups is 1. The molecule has 0 aromatic carbocycles. The summed E-state index contributed by atoms with van der Waals surface area (Å²) in [7, 11) is 0. The summed E-state index contributed by atoms with van der Waals surface area (Å²) in [5.74, 6) is -0.815. The van der Waals surface area contributed by atoms with Crippen LogP contribution < -0.4 is 0 Å². The molecule has 62 valence electrons. The van der Waals surface area contributed by atoms with E-state index in [4.69, 9.17) is 5.11 Å². The number of carboxylic acid groups (broad SMARTS) is 1. The summed E-state index contributed by atoms with van der Waals surface area (Å²) >= 11 is 0. The third kappa shape index (κ3) is 4.37. The summed E-state index contributed by atoms with van der Waals surface area (Å²) in [6.07, 6.45) is 6.72. The van der Waals surface area contributed by atoms with Gasteiger partial charge in [0.15, 0.2) is 0 Å². The third-order valence-electron chi connectivity index (χ3n) is 1.28. The van der Waals surface area contributed by atoms with Crippen molar-refractivity contribution in [2.75, 3.05) is 0 Å². The van der Waals surface area contributed by atoms with Crippen molar-refractivity contribution < 1.29 is 9.90 Å². The van der Waals surface area contributed by atoms with Crippen molar-refractivity contribution in [3.63, 3.8) is 0 Å². The van der Waals surface area contributed by atoms with Crippen LogP contribution in [0.3, 0.4) is 0 Å². The van der Waals surface area contributed by atoms with Crippen molar-refractivity contribution in [2.45, 2.75) is 26.7 Å². The van der Waals surface area contributed by atoms with Gasteiger partial charge >= 0.3 is 5.97 Å². The zero-order valence-electron chi connectivity index (χ0n) is 7.00. The maximum Gasteiger partial charge on any atom is 0.331 e.